The highest BCUT2D eigenvalue weighted by molar-refractivity contribution is 5.98. The van der Waals surface area contributed by atoms with Crippen LogP contribution in [0.5, 0.6) is 0 Å². The second kappa shape index (κ2) is 2.54. The lowest BCUT2D eigenvalue weighted by atomic mass is 10.1. The molecule has 1 aliphatic carbocycles. The van der Waals surface area contributed by atoms with Crippen molar-refractivity contribution in [2.45, 2.75) is 5.79 Å². The predicted octanol–water partition coefficient (Wildman–Crippen LogP) is 0.157. The monoisotopic (exact) mass is 160 g/mol. The molecule has 0 aromatic rings. The van der Waals surface area contributed by atoms with Gasteiger partial charge in [-0.1, -0.05) is 0 Å². The average Bonchev–Trinajstić information content (AvgIpc) is 1.98. The number of halogens is 1. The first kappa shape index (κ1) is 8.06. The molecule has 0 aromatic carbocycles. The number of hydrogen-bond donors (Lipinski definition) is 2. The summed E-state index contributed by atoms with van der Waals surface area (Å²) < 4.78 is 12.3. The minimum absolute atomic E-state index is 0.468. The van der Waals surface area contributed by atoms with Gasteiger partial charge in [0.1, 0.15) is 5.83 Å². The molecular formula is C6H5FO4. The molecule has 0 radical (unpaired) electrons. The van der Waals surface area contributed by atoms with E-state index >= 15 is 0 Å². The van der Waals surface area contributed by atoms with Gasteiger partial charge in [0.25, 0.3) is 5.79 Å². The molecule has 0 amide bonds. The Morgan fingerprint density at radius 2 is 2.18 bits per heavy atom. The van der Waals surface area contributed by atoms with Crippen LogP contribution in [-0.4, -0.2) is 21.9 Å². The van der Waals surface area contributed by atoms with E-state index in [0.29, 0.717) is 6.08 Å². The van der Waals surface area contributed by atoms with Crippen molar-refractivity contribution in [2.75, 3.05) is 0 Å². The van der Waals surface area contributed by atoms with Gasteiger partial charge in [0.2, 0.25) is 5.78 Å². The van der Waals surface area contributed by atoms with Crippen LogP contribution in [0.1, 0.15) is 0 Å². The Morgan fingerprint density at radius 3 is 2.64 bits per heavy atom. The Labute approximate surface area is 61.1 Å². The van der Waals surface area contributed by atoms with Gasteiger partial charge in [0, 0.05) is 6.08 Å². The third-order valence-electron chi connectivity index (χ3n) is 1.22. The van der Waals surface area contributed by atoms with Crippen molar-refractivity contribution < 1.29 is 24.4 Å². The largest absolute Gasteiger partial charge is 0.354 e. The second-order valence-corrected chi connectivity index (χ2v) is 2.01. The van der Waals surface area contributed by atoms with Gasteiger partial charge in [-0.15, -0.1) is 0 Å². The summed E-state index contributed by atoms with van der Waals surface area (Å²) in [5.74, 6) is -4.33. The fraction of sp³-hybridized carbons (Fsp3) is 0.167. The van der Waals surface area contributed by atoms with E-state index in [-0.39, 0.29) is 0 Å². The molecule has 0 spiro atoms. The van der Waals surface area contributed by atoms with E-state index in [2.05, 4.69) is 4.89 Å². The van der Waals surface area contributed by atoms with Crippen LogP contribution in [0.2, 0.25) is 0 Å². The molecule has 1 aliphatic rings. The fourth-order valence-electron chi connectivity index (χ4n) is 0.652. The van der Waals surface area contributed by atoms with Crippen molar-refractivity contribution in [1.82, 2.24) is 0 Å². The number of carbonyl (C=O) groups is 1. The van der Waals surface area contributed by atoms with Crippen molar-refractivity contribution in [2.24, 2.45) is 0 Å². The fourth-order valence-corrected chi connectivity index (χ4v) is 0.652. The average molecular weight is 160 g/mol. The molecule has 60 valence electrons. The summed E-state index contributed by atoms with van der Waals surface area (Å²) in [7, 11) is 0. The van der Waals surface area contributed by atoms with E-state index < -0.39 is 17.4 Å². The topological polar surface area (TPSA) is 66.8 Å². The Kier molecular flexibility index (Phi) is 1.86. The van der Waals surface area contributed by atoms with E-state index in [1.807, 2.05) is 0 Å². The van der Waals surface area contributed by atoms with Crippen LogP contribution >= 0.6 is 0 Å². The summed E-state index contributed by atoms with van der Waals surface area (Å²) in [4.78, 5) is 14.1. The molecule has 0 bridgehead atoms. The van der Waals surface area contributed by atoms with Crippen molar-refractivity contribution in [3.63, 3.8) is 0 Å². The zero-order chi connectivity index (χ0) is 8.48. The zero-order valence-corrected chi connectivity index (χ0v) is 5.32. The van der Waals surface area contributed by atoms with Gasteiger partial charge in [-0.3, -0.25) is 4.79 Å². The molecule has 0 unspecified atom stereocenters. The second-order valence-electron chi connectivity index (χ2n) is 2.01. The van der Waals surface area contributed by atoms with Crippen molar-refractivity contribution in [1.29, 1.82) is 0 Å². The van der Waals surface area contributed by atoms with Crippen molar-refractivity contribution in [3.05, 3.63) is 24.1 Å². The van der Waals surface area contributed by atoms with Gasteiger partial charge in [0.05, 0.1) is 0 Å². The van der Waals surface area contributed by atoms with E-state index in [1.165, 1.54) is 0 Å². The van der Waals surface area contributed by atoms with E-state index in [1.54, 1.807) is 0 Å². The number of aliphatic hydroxyl groups is 1. The molecule has 0 fully saturated rings. The Hall–Kier alpha value is -1.04. The standard InChI is InChI=1S/C6H5FO4/c7-4-1-2-5(8)6(9,3-4)11-10/h1-3,9-10H/t6-/m0/s1. The number of carbonyl (C=O) groups excluding carboxylic acids is 1. The molecule has 1 atom stereocenters. The van der Waals surface area contributed by atoms with Crippen LogP contribution < -0.4 is 0 Å². The number of allylic oxidation sites excluding steroid dienone is 2. The van der Waals surface area contributed by atoms with Crippen molar-refractivity contribution >= 4 is 5.78 Å². The molecule has 11 heavy (non-hydrogen) atoms. The van der Waals surface area contributed by atoms with Crippen LogP contribution in [0, 0.1) is 0 Å². The quantitative estimate of drug-likeness (QED) is 0.325. The van der Waals surface area contributed by atoms with Crippen molar-refractivity contribution in [3.8, 4) is 0 Å². The molecule has 5 heteroatoms. The summed E-state index contributed by atoms with van der Waals surface area (Å²) in [6.07, 6.45) is 2.09. The normalized spacial score (nSPS) is 30.5. The first-order chi connectivity index (χ1) is 5.08. The third-order valence-corrected chi connectivity index (χ3v) is 1.22. The van der Waals surface area contributed by atoms with Crippen LogP contribution in [0.4, 0.5) is 4.39 Å². The zero-order valence-electron chi connectivity index (χ0n) is 5.32. The van der Waals surface area contributed by atoms with E-state index in [4.69, 9.17) is 10.4 Å². The summed E-state index contributed by atoms with van der Waals surface area (Å²) in [5, 5.41) is 17.0. The highest BCUT2D eigenvalue weighted by Crippen LogP contribution is 2.19. The van der Waals surface area contributed by atoms with Gasteiger partial charge in [0.15, 0.2) is 0 Å². The Bertz CT molecular complexity index is 245. The molecule has 0 aromatic heterocycles. The SMILES string of the molecule is O=C1C=CC(F)=C[C@]1(O)OO. The molecular weight excluding hydrogens is 155 g/mol. The van der Waals surface area contributed by atoms with E-state index in [0.717, 1.165) is 12.2 Å². The number of ketones is 1. The minimum Gasteiger partial charge on any atom is -0.354 e. The van der Waals surface area contributed by atoms with Crippen LogP contribution in [0.3, 0.4) is 0 Å². The smallest absolute Gasteiger partial charge is 0.284 e. The number of hydrogen-bond acceptors (Lipinski definition) is 4. The maximum Gasteiger partial charge on any atom is 0.284 e. The third kappa shape index (κ3) is 1.35. The van der Waals surface area contributed by atoms with Gasteiger partial charge < -0.3 is 5.11 Å². The highest BCUT2D eigenvalue weighted by atomic mass is 19.1. The molecule has 2 N–H and O–H groups in total. The molecule has 0 heterocycles. The van der Waals surface area contributed by atoms with Gasteiger partial charge in [-0.2, -0.15) is 4.89 Å². The van der Waals surface area contributed by atoms with E-state index in [9.17, 15) is 9.18 Å². The Morgan fingerprint density at radius 1 is 1.55 bits per heavy atom. The number of rotatable bonds is 1. The van der Waals surface area contributed by atoms with Gasteiger partial charge >= 0.3 is 0 Å². The molecule has 0 saturated heterocycles. The molecule has 1 rings (SSSR count). The summed E-state index contributed by atoms with van der Waals surface area (Å²) in [6, 6.07) is 0. The predicted molar refractivity (Wildman–Crippen MR) is 32.0 cm³/mol. The molecule has 4 nitrogen and oxygen atoms in total. The lowest BCUT2D eigenvalue weighted by Crippen LogP contribution is -2.39. The first-order valence-corrected chi connectivity index (χ1v) is 2.74. The maximum atomic E-state index is 12.3. The summed E-state index contributed by atoms with van der Waals surface area (Å²) in [6.45, 7) is 0. The minimum atomic E-state index is -2.56. The van der Waals surface area contributed by atoms with Gasteiger partial charge in [-0.05, 0) is 12.2 Å². The summed E-state index contributed by atoms with van der Waals surface area (Å²) in [5.41, 5.74) is 0. The lowest BCUT2D eigenvalue weighted by molar-refractivity contribution is -0.354. The van der Waals surface area contributed by atoms with Crippen LogP contribution in [0.15, 0.2) is 24.1 Å². The summed E-state index contributed by atoms with van der Waals surface area (Å²) >= 11 is 0. The van der Waals surface area contributed by atoms with Crippen LogP contribution in [-0.2, 0) is 9.68 Å². The molecule has 0 saturated carbocycles. The maximum absolute atomic E-state index is 12.3. The van der Waals surface area contributed by atoms with Crippen LogP contribution in [0.25, 0.3) is 0 Å². The first-order valence-electron chi connectivity index (χ1n) is 2.74. The van der Waals surface area contributed by atoms with Gasteiger partial charge in [-0.25, -0.2) is 9.65 Å². The lowest BCUT2D eigenvalue weighted by Gasteiger charge is -2.18. The Balaban J connectivity index is 2.98. The highest BCUT2D eigenvalue weighted by Gasteiger charge is 2.36. The molecule has 0 aliphatic heterocycles.